The van der Waals surface area contributed by atoms with Crippen LogP contribution in [0.5, 0.6) is 11.8 Å². The van der Waals surface area contributed by atoms with Gasteiger partial charge in [-0.1, -0.05) is 18.2 Å². The number of aromatic nitrogens is 4. The van der Waals surface area contributed by atoms with Crippen molar-refractivity contribution in [1.29, 1.82) is 0 Å². The summed E-state index contributed by atoms with van der Waals surface area (Å²) in [7, 11) is 1.96. The molecule has 1 saturated carbocycles. The number of hydrogen-bond donors (Lipinski definition) is 3. The van der Waals surface area contributed by atoms with Crippen LogP contribution in [0.25, 0.3) is 11.7 Å². The van der Waals surface area contributed by atoms with Gasteiger partial charge in [-0.3, -0.25) is 9.98 Å². The van der Waals surface area contributed by atoms with Gasteiger partial charge in [-0.15, -0.1) is 0 Å². The molecule has 4 aromatic rings. The fourth-order valence-corrected chi connectivity index (χ4v) is 3.21. The Morgan fingerprint density at radius 2 is 2.00 bits per heavy atom. The molecular formula is C21H20N6O2. The molecule has 3 heterocycles. The van der Waals surface area contributed by atoms with E-state index in [1.807, 2.05) is 48.3 Å². The van der Waals surface area contributed by atoms with Crippen molar-refractivity contribution in [2.75, 3.05) is 11.9 Å². The van der Waals surface area contributed by atoms with Crippen LogP contribution in [0.2, 0.25) is 0 Å². The van der Waals surface area contributed by atoms with Crippen molar-refractivity contribution in [1.82, 2.24) is 19.6 Å². The summed E-state index contributed by atoms with van der Waals surface area (Å²) in [4.78, 5) is 14.1. The summed E-state index contributed by atoms with van der Waals surface area (Å²) in [5, 5.41) is 24.7. The van der Waals surface area contributed by atoms with Crippen molar-refractivity contribution < 1.29 is 10.2 Å². The molecule has 1 aliphatic rings. The third-order valence-electron chi connectivity index (χ3n) is 4.94. The minimum Gasteiger partial charge on any atom is -0.494 e. The molecule has 8 heteroatoms. The molecule has 3 N–H and O–H groups in total. The van der Waals surface area contributed by atoms with E-state index in [-0.39, 0.29) is 11.8 Å². The Bertz CT molecular complexity index is 1300. The zero-order chi connectivity index (χ0) is 20.0. The quantitative estimate of drug-likeness (QED) is 0.495. The molecule has 0 radical (unpaired) electrons. The third-order valence-corrected chi connectivity index (χ3v) is 4.94. The number of aromatic amines is 1. The lowest BCUT2D eigenvalue weighted by Crippen LogP contribution is -2.22. The van der Waals surface area contributed by atoms with Crippen LogP contribution in [-0.4, -0.2) is 42.9 Å². The molecule has 0 spiro atoms. The number of hydrogen-bond acceptors (Lipinski definition) is 6. The highest BCUT2D eigenvalue weighted by atomic mass is 16.3. The summed E-state index contributed by atoms with van der Waals surface area (Å²) < 4.78 is 1.72. The van der Waals surface area contributed by atoms with Gasteiger partial charge in [0.25, 0.3) is 0 Å². The number of aromatic hydroxyl groups is 2. The normalized spacial score (nSPS) is 15.3. The van der Waals surface area contributed by atoms with E-state index in [4.69, 9.17) is 9.98 Å². The molecule has 8 nitrogen and oxygen atoms in total. The Morgan fingerprint density at radius 1 is 1.21 bits per heavy atom. The Morgan fingerprint density at radius 3 is 2.69 bits per heavy atom. The zero-order valence-electron chi connectivity index (χ0n) is 15.8. The first-order chi connectivity index (χ1) is 14.1. The average molecular weight is 388 g/mol. The van der Waals surface area contributed by atoms with Crippen molar-refractivity contribution >= 4 is 23.2 Å². The maximum atomic E-state index is 9.95. The number of anilines is 2. The van der Waals surface area contributed by atoms with E-state index < -0.39 is 0 Å². The molecule has 1 fully saturated rings. The van der Waals surface area contributed by atoms with Crippen LogP contribution in [0.1, 0.15) is 18.4 Å². The van der Waals surface area contributed by atoms with Gasteiger partial charge in [-0.2, -0.15) is 9.61 Å². The van der Waals surface area contributed by atoms with E-state index in [9.17, 15) is 10.2 Å². The molecule has 0 unspecified atom stereocenters. The lowest BCUT2D eigenvalue weighted by molar-refractivity contribution is 0.425. The molecule has 5 rings (SSSR count). The van der Waals surface area contributed by atoms with Crippen LogP contribution in [-0.2, 0) is 0 Å². The lowest BCUT2D eigenvalue weighted by atomic mass is 10.2. The van der Waals surface area contributed by atoms with Crippen molar-refractivity contribution in [2.45, 2.75) is 18.9 Å². The van der Waals surface area contributed by atoms with Crippen LogP contribution < -0.4 is 15.6 Å². The molecule has 0 bridgehead atoms. The second-order valence-electron chi connectivity index (χ2n) is 7.17. The second kappa shape index (κ2) is 6.66. The first-order valence-corrected chi connectivity index (χ1v) is 9.42. The number of rotatable bonds is 4. The molecule has 0 aliphatic heterocycles. The second-order valence-corrected chi connectivity index (χ2v) is 7.17. The van der Waals surface area contributed by atoms with Crippen molar-refractivity contribution in [3.05, 3.63) is 64.9 Å². The van der Waals surface area contributed by atoms with Crippen molar-refractivity contribution in [3.63, 3.8) is 0 Å². The van der Waals surface area contributed by atoms with Crippen molar-refractivity contribution in [2.24, 2.45) is 4.99 Å². The number of H-pyrrole nitrogens is 1. The van der Waals surface area contributed by atoms with E-state index in [1.54, 1.807) is 16.8 Å². The number of nitrogens with one attached hydrogen (secondary N) is 1. The molecule has 0 saturated heterocycles. The Balaban J connectivity index is 1.72. The monoisotopic (exact) mass is 388 g/mol. The number of nitrogens with zero attached hydrogens (tertiary/aromatic N) is 5. The van der Waals surface area contributed by atoms with Crippen LogP contribution >= 0.6 is 0 Å². The van der Waals surface area contributed by atoms with Gasteiger partial charge in [-0.05, 0) is 31.1 Å². The number of fused-ring (bicyclic) bond motifs is 1. The van der Waals surface area contributed by atoms with Crippen LogP contribution in [0.3, 0.4) is 0 Å². The van der Waals surface area contributed by atoms with Gasteiger partial charge in [0.15, 0.2) is 22.9 Å². The van der Waals surface area contributed by atoms with Gasteiger partial charge in [0, 0.05) is 35.6 Å². The minimum absolute atomic E-state index is 0.105. The Labute approximate surface area is 166 Å². The summed E-state index contributed by atoms with van der Waals surface area (Å²) in [6.07, 6.45) is 5.59. The smallest absolute Gasteiger partial charge is 0.198 e. The summed E-state index contributed by atoms with van der Waals surface area (Å²) in [6, 6.07) is 13.7. The molecular weight excluding hydrogens is 368 g/mol. The Hall–Kier alpha value is -3.81. The van der Waals surface area contributed by atoms with E-state index in [0.717, 1.165) is 35.1 Å². The predicted octanol–water partition coefficient (Wildman–Crippen LogP) is 1.85. The van der Waals surface area contributed by atoms with Gasteiger partial charge in [0.1, 0.15) is 5.82 Å². The van der Waals surface area contributed by atoms with Gasteiger partial charge >= 0.3 is 0 Å². The largest absolute Gasteiger partial charge is 0.494 e. The standard InChI is InChI=1S/C21H20N6O2/c1-26(16-5-3-2-4-6-16)17-11-18(23-15-7-8-15)27-20(24-17)14(12-22-27)9-13-10-19(28)25-21(13)29/h2-6,9-12,15,25,28-29H,7-8H2,1H3. The van der Waals surface area contributed by atoms with Crippen molar-refractivity contribution in [3.8, 4) is 11.8 Å². The van der Waals surface area contributed by atoms with Crippen LogP contribution in [0, 0.1) is 0 Å². The molecule has 1 aliphatic carbocycles. The molecule has 146 valence electrons. The lowest BCUT2D eigenvalue weighted by Gasteiger charge is -2.18. The van der Waals surface area contributed by atoms with E-state index in [2.05, 4.69) is 10.1 Å². The number of para-hydroxylation sites is 1. The average Bonchev–Trinajstić information content (AvgIpc) is 3.36. The maximum absolute atomic E-state index is 9.95. The Kier molecular flexibility index (Phi) is 3.97. The fourth-order valence-electron chi connectivity index (χ4n) is 3.21. The number of benzene rings is 1. The van der Waals surface area contributed by atoms with Gasteiger partial charge in [-0.25, -0.2) is 4.98 Å². The van der Waals surface area contributed by atoms with E-state index >= 15 is 0 Å². The molecule has 3 aromatic heterocycles. The first-order valence-electron chi connectivity index (χ1n) is 9.42. The minimum atomic E-state index is -0.109. The third kappa shape index (κ3) is 3.29. The topological polar surface area (TPSA) is 102 Å². The highest BCUT2D eigenvalue weighted by Gasteiger charge is 2.20. The predicted molar refractivity (Wildman–Crippen MR) is 109 cm³/mol. The SMILES string of the molecule is CN(c1ccccc1)c1cc(=NC2CC2)n2ncc(=Cc3cc(O)[nH]c3O)c2n1. The van der Waals surface area contributed by atoms with Gasteiger partial charge in [0.2, 0.25) is 0 Å². The summed E-state index contributed by atoms with van der Waals surface area (Å²) >= 11 is 0. The molecule has 0 amide bonds. The molecule has 1 aromatic carbocycles. The molecule has 0 atom stereocenters. The van der Waals surface area contributed by atoms with Crippen LogP contribution in [0.4, 0.5) is 11.5 Å². The van der Waals surface area contributed by atoms with E-state index in [0.29, 0.717) is 17.3 Å². The highest BCUT2D eigenvalue weighted by Crippen LogP contribution is 2.24. The summed E-state index contributed by atoms with van der Waals surface area (Å²) in [6.45, 7) is 0. The first kappa shape index (κ1) is 17.3. The summed E-state index contributed by atoms with van der Waals surface area (Å²) in [5.74, 6) is 0.536. The van der Waals surface area contributed by atoms with Gasteiger partial charge in [0.05, 0.1) is 12.2 Å². The van der Waals surface area contributed by atoms with E-state index in [1.165, 1.54) is 6.07 Å². The van der Waals surface area contributed by atoms with Gasteiger partial charge < -0.3 is 15.1 Å². The zero-order valence-corrected chi connectivity index (χ0v) is 15.8. The summed E-state index contributed by atoms with van der Waals surface area (Å²) in [5.41, 5.74) is 2.85. The highest BCUT2D eigenvalue weighted by molar-refractivity contribution is 5.64. The maximum Gasteiger partial charge on any atom is 0.198 e. The molecule has 29 heavy (non-hydrogen) atoms. The fraction of sp³-hybridized carbons (Fsp3) is 0.190. The van der Waals surface area contributed by atoms with Crippen LogP contribution in [0.15, 0.2) is 53.7 Å².